The molecule has 1 aliphatic heterocycles. The van der Waals surface area contributed by atoms with Crippen LogP contribution in [0.1, 0.15) is 19.3 Å². The van der Waals surface area contributed by atoms with Gasteiger partial charge in [-0.25, -0.2) is 19.4 Å². The molecule has 0 atom stereocenters. The molecule has 0 N–H and O–H groups in total. The lowest BCUT2D eigenvalue weighted by atomic mass is 10.2. The first-order valence-corrected chi connectivity index (χ1v) is 7.49. The van der Waals surface area contributed by atoms with E-state index in [-0.39, 0.29) is 16.0 Å². The van der Waals surface area contributed by atoms with Gasteiger partial charge in [-0.1, -0.05) is 18.0 Å². The number of rotatable bonds is 1. The van der Waals surface area contributed by atoms with Gasteiger partial charge in [0.1, 0.15) is 5.52 Å². The largest absolute Gasteiger partial charge is 0.289 e. The highest BCUT2D eigenvalue weighted by Gasteiger charge is 2.22. The molecule has 2 aromatic heterocycles. The Hall–Kier alpha value is -1.24. The van der Waals surface area contributed by atoms with Gasteiger partial charge in [-0.3, -0.25) is 5.01 Å². The zero-order valence-electron chi connectivity index (χ0n) is 11.5. The first-order chi connectivity index (χ1) is 10.1. The Labute approximate surface area is 131 Å². The van der Waals surface area contributed by atoms with E-state index in [0.29, 0.717) is 11.2 Å². The van der Waals surface area contributed by atoms with Crippen molar-refractivity contribution in [3.63, 3.8) is 0 Å². The molecule has 0 saturated carbocycles. The van der Waals surface area contributed by atoms with Gasteiger partial charge < -0.3 is 0 Å². The van der Waals surface area contributed by atoms with E-state index in [1.807, 2.05) is 12.1 Å². The summed E-state index contributed by atoms with van der Waals surface area (Å²) in [7, 11) is 1.98. The lowest BCUT2D eigenvalue weighted by Crippen LogP contribution is -2.40. The minimum absolute atomic E-state index is 0.00341. The fraction of sp³-hybridized carbons (Fsp3) is 0.462. The Balaban J connectivity index is 2.19. The maximum absolute atomic E-state index is 14.1. The molecule has 0 aromatic carbocycles. The normalized spacial score (nSPS) is 17.2. The van der Waals surface area contributed by atoms with Gasteiger partial charge in [-0.15, -0.1) is 0 Å². The Morgan fingerprint density at radius 2 is 1.90 bits per heavy atom. The number of fused-ring (bicyclic) bond motifs is 1. The molecule has 21 heavy (non-hydrogen) atoms. The first kappa shape index (κ1) is 14.7. The zero-order valence-corrected chi connectivity index (χ0v) is 13.0. The van der Waals surface area contributed by atoms with Gasteiger partial charge in [-0.2, -0.15) is 4.98 Å². The van der Waals surface area contributed by atoms with Gasteiger partial charge >= 0.3 is 0 Å². The van der Waals surface area contributed by atoms with Gasteiger partial charge in [0.2, 0.25) is 5.28 Å². The monoisotopic (exact) mass is 329 g/mol. The molecule has 1 fully saturated rings. The zero-order chi connectivity index (χ0) is 15.0. The van der Waals surface area contributed by atoms with E-state index in [2.05, 4.69) is 20.0 Å². The average Bonchev–Trinajstić information content (AvgIpc) is 2.67. The quantitative estimate of drug-likeness (QED) is 0.593. The molecule has 1 saturated heterocycles. The first-order valence-electron chi connectivity index (χ1n) is 6.74. The van der Waals surface area contributed by atoms with E-state index in [4.69, 9.17) is 23.2 Å². The molecule has 3 rings (SSSR count). The number of anilines is 1. The lowest BCUT2D eigenvalue weighted by molar-refractivity contribution is 0.319. The Morgan fingerprint density at radius 3 is 2.71 bits per heavy atom. The highest BCUT2D eigenvalue weighted by Crippen LogP contribution is 2.30. The topological polar surface area (TPSA) is 45.2 Å². The summed E-state index contributed by atoms with van der Waals surface area (Å²) >= 11 is 11.7. The predicted molar refractivity (Wildman–Crippen MR) is 81.1 cm³/mol. The number of hydrogen-bond donors (Lipinski definition) is 0. The second-order valence-electron chi connectivity index (χ2n) is 5.01. The Morgan fingerprint density at radius 1 is 1.14 bits per heavy atom. The molecule has 0 radical (unpaired) electrons. The van der Waals surface area contributed by atoms with Crippen LogP contribution in [0.15, 0.2) is 6.20 Å². The van der Waals surface area contributed by atoms with E-state index in [1.165, 1.54) is 6.20 Å². The Bertz CT molecular complexity index is 681. The molecule has 0 amide bonds. The number of hydrogen-bond acceptors (Lipinski definition) is 5. The maximum Gasteiger partial charge on any atom is 0.225 e. The summed E-state index contributed by atoms with van der Waals surface area (Å²) in [5.74, 6) is -0.102. The smallest absolute Gasteiger partial charge is 0.225 e. The van der Waals surface area contributed by atoms with Gasteiger partial charge in [0.25, 0.3) is 0 Å². The number of halogens is 3. The molecule has 2 aromatic rings. The van der Waals surface area contributed by atoms with Crippen LogP contribution in [-0.4, -0.2) is 40.1 Å². The summed E-state index contributed by atoms with van der Waals surface area (Å²) in [4.78, 5) is 12.1. The van der Waals surface area contributed by atoms with Crippen molar-refractivity contribution in [3.05, 3.63) is 22.5 Å². The van der Waals surface area contributed by atoms with Crippen molar-refractivity contribution >= 4 is 39.9 Å². The van der Waals surface area contributed by atoms with Crippen LogP contribution in [-0.2, 0) is 0 Å². The minimum atomic E-state index is -0.669. The van der Waals surface area contributed by atoms with E-state index >= 15 is 0 Å². The van der Waals surface area contributed by atoms with E-state index in [0.717, 1.165) is 32.4 Å². The molecular formula is C13H14Cl2FN5. The highest BCUT2D eigenvalue weighted by molar-refractivity contribution is 6.30. The Kier molecular flexibility index (Phi) is 4.10. The van der Waals surface area contributed by atoms with Crippen molar-refractivity contribution in [2.45, 2.75) is 19.3 Å². The molecule has 5 nitrogen and oxygen atoms in total. The summed E-state index contributed by atoms with van der Waals surface area (Å²) < 4.78 is 14.1. The third-order valence-electron chi connectivity index (χ3n) is 3.60. The van der Waals surface area contributed by atoms with Gasteiger partial charge in [0.05, 0.1) is 5.39 Å². The third-order valence-corrected chi connectivity index (χ3v) is 4.04. The van der Waals surface area contributed by atoms with Crippen LogP contribution in [0.4, 0.5) is 10.2 Å². The minimum Gasteiger partial charge on any atom is -0.289 e. The molecule has 0 bridgehead atoms. The second-order valence-corrected chi connectivity index (χ2v) is 5.70. The summed E-state index contributed by atoms with van der Waals surface area (Å²) in [5.41, 5.74) is 0.0997. The van der Waals surface area contributed by atoms with Crippen molar-refractivity contribution in [1.82, 2.24) is 20.0 Å². The average molecular weight is 330 g/mol. The van der Waals surface area contributed by atoms with Gasteiger partial charge in [0.15, 0.2) is 16.8 Å². The molecule has 0 spiro atoms. The summed E-state index contributed by atoms with van der Waals surface area (Å²) in [6.45, 7) is 1.70. The van der Waals surface area contributed by atoms with Crippen LogP contribution in [0, 0.1) is 5.82 Å². The van der Waals surface area contributed by atoms with Crippen molar-refractivity contribution in [2.75, 3.05) is 25.1 Å². The predicted octanol–water partition coefficient (Wildman–Crippen LogP) is 3.31. The second kappa shape index (κ2) is 5.87. The molecule has 0 aliphatic carbocycles. The number of nitrogens with zero attached hydrogens (tertiary/aromatic N) is 5. The van der Waals surface area contributed by atoms with Crippen LogP contribution < -0.4 is 5.01 Å². The van der Waals surface area contributed by atoms with Crippen molar-refractivity contribution in [1.29, 1.82) is 0 Å². The lowest BCUT2D eigenvalue weighted by Gasteiger charge is -2.31. The van der Waals surface area contributed by atoms with Crippen LogP contribution >= 0.6 is 23.2 Å². The van der Waals surface area contributed by atoms with Crippen molar-refractivity contribution in [3.8, 4) is 0 Å². The molecule has 3 heterocycles. The SMILES string of the molecule is CN1CCCCCN1c1nc(Cl)nc2c(F)c(Cl)ncc12. The standard InChI is InChI=1S/C13H14Cl2FN5/c1-20-5-3-2-4-6-21(20)12-8-7-17-11(14)9(16)10(8)18-13(15)19-12/h7H,2-6H2,1H3. The fourth-order valence-electron chi connectivity index (χ4n) is 2.53. The van der Waals surface area contributed by atoms with Crippen LogP contribution in [0.5, 0.6) is 0 Å². The molecule has 8 heteroatoms. The maximum atomic E-state index is 14.1. The summed E-state index contributed by atoms with van der Waals surface area (Å²) in [6, 6.07) is 0. The fourth-order valence-corrected chi connectivity index (χ4v) is 2.83. The van der Waals surface area contributed by atoms with Gasteiger partial charge in [-0.05, 0) is 24.4 Å². The molecule has 112 valence electrons. The third kappa shape index (κ3) is 2.75. The van der Waals surface area contributed by atoms with E-state index in [1.54, 1.807) is 0 Å². The number of aromatic nitrogens is 3. The van der Waals surface area contributed by atoms with Crippen molar-refractivity contribution < 1.29 is 4.39 Å². The van der Waals surface area contributed by atoms with E-state index < -0.39 is 5.82 Å². The summed E-state index contributed by atoms with van der Waals surface area (Å²) in [6.07, 6.45) is 4.79. The van der Waals surface area contributed by atoms with Crippen molar-refractivity contribution in [2.24, 2.45) is 0 Å². The number of hydrazine groups is 1. The van der Waals surface area contributed by atoms with Crippen LogP contribution in [0.3, 0.4) is 0 Å². The molecule has 1 aliphatic rings. The molecule has 0 unspecified atom stereocenters. The van der Waals surface area contributed by atoms with Crippen LogP contribution in [0.2, 0.25) is 10.4 Å². The molecular weight excluding hydrogens is 316 g/mol. The summed E-state index contributed by atoms with van der Waals surface area (Å²) in [5, 5.41) is 4.36. The number of pyridine rings is 1. The highest BCUT2D eigenvalue weighted by atomic mass is 35.5. The van der Waals surface area contributed by atoms with Gasteiger partial charge in [0, 0.05) is 26.3 Å². The van der Waals surface area contributed by atoms with Crippen LogP contribution in [0.25, 0.3) is 10.9 Å². The van der Waals surface area contributed by atoms with E-state index in [9.17, 15) is 4.39 Å².